The normalized spacial score (nSPS) is 17.5. The summed E-state index contributed by atoms with van der Waals surface area (Å²) in [6.45, 7) is 1.97. The van der Waals surface area contributed by atoms with Gasteiger partial charge in [-0.1, -0.05) is 30.3 Å². The summed E-state index contributed by atoms with van der Waals surface area (Å²) >= 11 is 4.70. The van der Waals surface area contributed by atoms with Gasteiger partial charge in [0.15, 0.2) is 0 Å². The van der Waals surface area contributed by atoms with E-state index in [9.17, 15) is 4.79 Å². The van der Waals surface area contributed by atoms with Crippen molar-refractivity contribution in [2.24, 2.45) is 10.4 Å². The van der Waals surface area contributed by atoms with Crippen LogP contribution in [-0.2, 0) is 17.9 Å². The van der Waals surface area contributed by atoms with Crippen molar-refractivity contribution in [2.75, 3.05) is 6.61 Å². The lowest BCUT2D eigenvalue weighted by molar-refractivity contribution is 0.0710. The minimum atomic E-state index is -0.0823. The van der Waals surface area contributed by atoms with Crippen LogP contribution in [0, 0.1) is 5.41 Å². The van der Waals surface area contributed by atoms with E-state index in [1.807, 2.05) is 35.0 Å². The van der Waals surface area contributed by atoms with Crippen LogP contribution in [0.5, 0.6) is 0 Å². The van der Waals surface area contributed by atoms with Crippen LogP contribution in [-0.4, -0.2) is 16.3 Å². The van der Waals surface area contributed by atoms with Gasteiger partial charge in [0.1, 0.15) is 5.69 Å². The first-order valence-electron chi connectivity index (χ1n) is 9.13. The molecule has 0 spiro atoms. The first-order chi connectivity index (χ1) is 12.7. The van der Waals surface area contributed by atoms with Crippen LogP contribution in [0.1, 0.15) is 42.7 Å². The number of nitrogens with zero attached hydrogens (tertiary/aromatic N) is 2. The summed E-state index contributed by atoms with van der Waals surface area (Å²) in [6, 6.07) is 12.1. The van der Waals surface area contributed by atoms with E-state index in [1.54, 1.807) is 0 Å². The fourth-order valence-corrected chi connectivity index (χ4v) is 3.47. The van der Waals surface area contributed by atoms with Gasteiger partial charge >= 0.3 is 0 Å². The quantitative estimate of drug-likeness (QED) is 0.512. The highest BCUT2D eigenvalue weighted by Crippen LogP contribution is 2.48. The number of aromatic nitrogens is 1. The van der Waals surface area contributed by atoms with E-state index < -0.39 is 0 Å². The maximum Gasteiger partial charge on any atom is 0.277 e. The van der Waals surface area contributed by atoms with Crippen molar-refractivity contribution in [3.05, 3.63) is 64.1 Å². The average molecular weight is 366 g/mol. The zero-order valence-corrected chi connectivity index (χ0v) is 15.5. The van der Waals surface area contributed by atoms with Gasteiger partial charge in [0.05, 0.1) is 18.4 Å². The van der Waals surface area contributed by atoms with E-state index in [-0.39, 0.29) is 11.0 Å². The van der Waals surface area contributed by atoms with Crippen LogP contribution >= 0.6 is 12.2 Å². The van der Waals surface area contributed by atoms with Crippen LogP contribution in [0.4, 0.5) is 5.69 Å². The topological polar surface area (TPSA) is 43.6 Å². The van der Waals surface area contributed by atoms with Gasteiger partial charge in [-0.3, -0.25) is 4.79 Å². The van der Waals surface area contributed by atoms with E-state index >= 15 is 0 Å². The van der Waals surface area contributed by atoms with E-state index in [1.165, 1.54) is 24.0 Å². The molecule has 2 aliphatic rings. The lowest BCUT2D eigenvalue weighted by Gasteiger charge is -2.18. The van der Waals surface area contributed by atoms with E-state index in [4.69, 9.17) is 17.0 Å². The third-order valence-electron chi connectivity index (χ3n) is 5.29. The zero-order valence-electron chi connectivity index (χ0n) is 14.7. The van der Waals surface area contributed by atoms with Gasteiger partial charge in [0.25, 0.3) is 5.56 Å². The maximum atomic E-state index is 12.7. The average Bonchev–Trinajstić information content (AvgIpc) is 3.55. The number of aliphatic imine (C=N–C) groups is 1. The molecule has 2 saturated carbocycles. The minimum absolute atomic E-state index is 0.0689. The smallest absolute Gasteiger partial charge is 0.277 e. The molecule has 2 aliphatic carbocycles. The molecule has 0 saturated heterocycles. The van der Waals surface area contributed by atoms with Gasteiger partial charge < -0.3 is 9.30 Å². The molecule has 4 rings (SSSR count). The monoisotopic (exact) mass is 366 g/mol. The predicted octanol–water partition coefficient (Wildman–Crippen LogP) is 4.46. The minimum Gasteiger partial charge on any atom is -0.376 e. The van der Waals surface area contributed by atoms with Gasteiger partial charge in [0, 0.05) is 18.2 Å². The molecule has 0 amide bonds. The van der Waals surface area contributed by atoms with Gasteiger partial charge in [-0.05, 0) is 61.0 Å². The molecule has 0 radical (unpaired) electrons. The summed E-state index contributed by atoms with van der Waals surface area (Å²) in [6.07, 6.45) is 6.56. The number of isothiocyanates is 1. The fraction of sp³-hybridized carbons (Fsp3) is 0.429. The Balaban J connectivity index is 1.47. The molecule has 1 heterocycles. The van der Waals surface area contributed by atoms with Crippen LogP contribution in [0.2, 0.25) is 0 Å². The number of ether oxygens (including phenoxy) is 1. The molecule has 0 N–H and O–H groups in total. The maximum absolute atomic E-state index is 12.7. The van der Waals surface area contributed by atoms with Gasteiger partial charge in [-0.2, -0.15) is 4.99 Å². The van der Waals surface area contributed by atoms with Crippen molar-refractivity contribution in [2.45, 2.75) is 44.8 Å². The summed E-state index contributed by atoms with van der Waals surface area (Å²) in [5, 5.41) is 2.34. The first kappa shape index (κ1) is 17.3. The van der Waals surface area contributed by atoms with E-state index in [0.29, 0.717) is 31.4 Å². The van der Waals surface area contributed by atoms with Crippen LogP contribution < -0.4 is 5.56 Å². The molecular formula is C21H22N2O2S. The third kappa shape index (κ3) is 4.01. The third-order valence-corrected chi connectivity index (χ3v) is 5.38. The molecule has 0 unspecified atom stereocenters. The zero-order chi connectivity index (χ0) is 18.0. The molecule has 0 bridgehead atoms. The largest absolute Gasteiger partial charge is 0.376 e. The summed E-state index contributed by atoms with van der Waals surface area (Å²) in [5.41, 5.74) is 2.76. The van der Waals surface area contributed by atoms with Crippen LogP contribution in [0.3, 0.4) is 0 Å². The molecule has 2 fully saturated rings. The molecule has 1 aromatic heterocycles. The fourth-order valence-electron chi connectivity index (χ4n) is 3.38. The molecule has 0 atom stereocenters. The highest BCUT2D eigenvalue weighted by molar-refractivity contribution is 7.78. The number of benzene rings is 1. The summed E-state index contributed by atoms with van der Waals surface area (Å²) in [5.74, 6) is 0.561. The van der Waals surface area contributed by atoms with Gasteiger partial charge in [0.2, 0.25) is 0 Å². The number of thiocarbonyl (C=S) groups is 1. The second-order valence-corrected chi connectivity index (χ2v) is 7.73. The molecule has 134 valence electrons. The molecule has 2 aromatic rings. The molecule has 0 aliphatic heterocycles. The highest BCUT2D eigenvalue weighted by atomic mass is 32.1. The Morgan fingerprint density at radius 2 is 2.04 bits per heavy atom. The second kappa shape index (κ2) is 7.28. The highest BCUT2D eigenvalue weighted by Gasteiger charge is 2.43. The lowest BCUT2D eigenvalue weighted by Crippen LogP contribution is -2.27. The first-order valence-corrected chi connectivity index (χ1v) is 9.54. The number of hydrogen-bond acceptors (Lipinski definition) is 4. The van der Waals surface area contributed by atoms with E-state index in [2.05, 4.69) is 22.3 Å². The Morgan fingerprint density at radius 3 is 2.69 bits per heavy atom. The van der Waals surface area contributed by atoms with E-state index in [0.717, 1.165) is 12.8 Å². The van der Waals surface area contributed by atoms with Crippen molar-refractivity contribution in [3.63, 3.8) is 0 Å². The second-order valence-electron chi connectivity index (χ2n) is 7.55. The van der Waals surface area contributed by atoms with Crippen molar-refractivity contribution in [3.8, 4) is 0 Å². The van der Waals surface area contributed by atoms with Gasteiger partial charge in [-0.25, -0.2) is 0 Å². The molecule has 1 aromatic carbocycles. The van der Waals surface area contributed by atoms with Crippen molar-refractivity contribution < 1.29 is 4.74 Å². The summed E-state index contributed by atoms with van der Waals surface area (Å²) < 4.78 is 7.78. The number of rotatable bonds is 8. The molecule has 26 heavy (non-hydrogen) atoms. The predicted molar refractivity (Wildman–Crippen MR) is 105 cm³/mol. The Hall–Kier alpha value is -2.07. The Morgan fingerprint density at radius 1 is 1.27 bits per heavy atom. The standard InChI is InChI=1S/C21H22N2O2S/c24-20-19(22-15-26)10-18(17-6-7-17)11-23(20)13-21(8-9-21)14-25-12-16-4-2-1-3-5-16/h1-5,10-11,17H,6-9,12-14H2. The van der Waals surface area contributed by atoms with Crippen LogP contribution in [0.15, 0.2) is 52.4 Å². The number of hydrogen-bond donors (Lipinski definition) is 0. The Labute approximate surface area is 158 Å². The van der Waals surface area contributed by atoms with Crippen molar-refractivity contribution in [1.82, 2.24) is 4.57 Å². The Kier molecular flexibility index (Phi) is 4.86. The molecular weight excluding hydrogens is 344 g/mol. The van der Waals surface area contributed by atoms with Crippen molar-refractivity contribution in [1.29, 1.82) is 0 Å². The Bertz CT molecular complexity index is 892. The van der Waals surface area contributed by atoms with Crippen molar-refractivity contribution >= 4 is 23.1 Å². The lowest BCUT2D eigenvalue weighted by atomic mass is 10.1. The number of pyridine rings is 1. The molecule has 4 nitrogen and oxygen atoms in total. The van der Waals surface area contributed by atoms with Gasteiger partial charge in [-0.15, -0.1) is 0 Å². The summed E-state index contributed by atoms with van der Waals surface area (Å²) in [4.78, 5) is 16.7. The SMILES string of the molecule is O=c1c(N=C=S)cc(C2CC2)cn1CC1(COCc2ccccc2)CC1. The summed E-state index contributed by atoms with van der Waals surface area (Å²) in [7, 11) is 0. The molecule has 5 heteroatoms. The van der Waals surface area contributed by atoms with Crippen LogP contribution in [0.25, 0.3) is 0 Å².